The summed E-state index contributed by atoms with van der Waals surface area (Å²) in [5.41, 5.74) is 0. The summed E-state index contributed by atoms with van der Waals surface area (Å²) in [7, 11) is -6.56. The molecule has 0 aliphatic rings. The van der Waals surface area contributed by atoms with Gasteiger partial charge in [-0.2, -0.15) is 16.8 Å². The second kappa shape index (κ2) is 14.9. The van der Waals surface area contributed by atoms with Crippen LogP contribution in [0.5, 0.6) is 0 Å². The standard InChI is InChI=1S/C17H36O6S2/c1-24(18,19)22-16-14-12-10-8-6-4-3-5-7-9-11-13-15-17-23-25(2,20)21/h3-17H2,1-2H3. The average molecular weight is 401 g/mol. The Morgan fingerprint density at radius 1 is 0.440 bits per heavy atom. The van der Waals surface area contributed by atoms with Gasteiger partial charge in [0.2, 0.25) is 0 Å². The molecule has 0 rings (SSSR count). The Bertz CT molecular complexity index is 453. The van der Waals surface area contributed by atoms with E-state index in [-0.39, 0.29) is 0 Å². The van der Waals surface area contributed by atoms with E-state index in [0.29, 0.717) is 13.2 Å². The molecule has 0 fully saturated rings. The topological polar surface area (TPSA) is 86.7 Å². The minimum atomic E-state index is -3.28. The van der Waals surface area contributed by atoms with Gasteiger partial charge in [-0.1, -0.05) is 70.6 Å². The van der Waals surface area contributed by atoms with Crippen molar-refractivity contribution in [1.29, 1.82) is 0 Å². The van der Waals surface area contributed by atoms with Crippen LogP contribution in [0.1, 0.15) is 83.5 Å². The molecule has 0 radical (unpaired) electrons. The maximum Gasteiger partial charge on any atom is 0.264 e. The quantitative estimate of drug-likeness (QED) is 0.255. The summed E-state index contributed by atoms with van der Waals surface area (Å²) in [6.07, 6.45) is 16.8. The zero-order valence-corrected chi connectivity index (χ0v) is 17.5. The number of unbranched alkanes of at least 4 members (excludes halogenated alkanes) is 12. The van der Waals surface area contributed by atoms with Gasteiger partial charge >= 0.3 is 0 Å². The number of hydrogen-bond donors (Lipinski definition) is 0. The van der Waals surface area contributed by atoms with Crippen molar-refractivity contribution < 1.29 is 25.2 Å². The highest BCUT2D eigenvalue weighted by atomic mass is 32.2. The smallest absolute Gasteiger partial charge is 0.264 e. The second-order valence-corrected chi connectivity index (χ2v) is 9.94. The third kappa shape index (κ3) is 23.8. The fourth-order valence-electron chi connectivity index (χ4n) is 2.57. The lowest BCUT2D eigenvalue weighted by Gasteiger charge is -2.04. The summed E-state index contributed by atoms with van der Waals surface area (Å²) < 4.78 is 52.5. The first-order valence-electron chi connectivity index (χ1n) is 9.39. The molecule has 0 saturated heterocycles. The zero-order chi connectivity index (χ0) is 19.0. The molecule has 0 aliphatic carbocycles. The van der Waals surface area contributed by atoms with Crippen molar-refractivity contribution >= 4 is 20.2 Å². The summed E-state index contributed by atoms with van der Waals surface area (Å²) in [6, 6.07) is 0. The summed E-state index contributed by atoms with van der Waals surface area (Å²) >= 11 is 0. The Morgan fingerprint density at radius 2 is 0.640 bits per heavy atom. The van der Waals surface area contributed by atoms with E-state index in [1.165, 1.54) is 44.9 Å². The van der Waals surface area contributed by atoms with Crippen molar-refractivity contribution in [2.24, 2.45) is 0 Å². The molecular formula is C17H36O6S2. The molecular weight excluding hydrogens is 364 g/mol. The minimum Gasteiger partial charge on any atom is -0.270 e. The molecule has 0 atom stereocenters. The fraction of sp³-hybridized carbons (Fsp3) is 1.00. The van der Waals surface area contributed by atoms with Gasteiger partial charge in [-0.3, -0.25) is 8.37 Å². The normalized spacial score (nSPS) is 12.6. The lowest BCUT2D eigenvalue weighted by Crippen LogP contribution is -2.03. The van der Waals surface area contributed by atoms with Crippen LogP contribution in [-0.4, -0.2) is 42.6 Å². The molecule has 0 aromatic rings. The van der Waals surface area contributed by atoms with Crippen LogP contribution in [0.3, 0.4) is 0 Å². The van der Waals surface area contributed by atoms with Crippen LogP contribution in [0.15, 0.2) is 0 Å². The Hall–Kier alpha value is -0.180. The Morgan fingerprint density at radius 3 is 0.840 bits per heavy atom. The minimum absolute atomic E-state index is 0.305. The highest BCUT2D eigenvalue weighted by Gasteiger charge is 2.01. The van der Waals surface area contributed by atoms with Gasteiger partial charge < -0.3 is 0 Å². The van der Waals surface area contributed by atoms with Crippen molar-refractivity contribution in [1.82, 2.24) is 0 Å². The molecule has 6 nitrogen and oxygen atoms in total. The first-order valence-corrected chi connectivity index (χ1v) is 13.0. The average Bonchev–Trinajstić information content (AvgIpc) is 2.48. The largest absolute Gasteiger partial charge is 0.270 e. The summed E-state index contributed by atoms with van der Waals surface area (Å²) in [4.78, 5) is 0. The molecule has 0 heterocycles. The molecule has 8 heteroatoms. The SMILES string of the molecule is CS(=O)(=O)OCCCCCCCCCCCCCCCOS(C)(=O)=O. The monoisotopic (exact) mass is 400 g/mol. The van der Waals surface area contributed by atoms with Crippen molar-refractivity contribution in [3.63, 3.8) is 0 Å². The lowest BCUT2D eigenvalue weighted by atomic mass is 10.0. The van der Waals surface area contributed by atoms with Crippen molar-refractivity contribution in [2.75, 3.05) is 25.7 Å². The predicted octanol–water partition coefficient (Wildman–Crippen LogP) is 4.01. The van der Waals surface area contributed by atoms with Gasteiger partial charge in [0.25, 0.3) is 20.2 Å². The molecule has 0 aromatic heterocycles. The van der Waals surface area contributed by atoms with Gasteiger partial charge in [0.05, 0.1) is 25.7 Å². The molecule has 152 valence electrons. The Kier molecular flexibility index (Phi) is 14.8. The maximum absolute atomic E-state index is 10.8. The van der Waals surface area contributed by atoms with Gasteiger partial charge in [0, 0.05) is 0 Å². The van der Waals surface area contributed by atoms with Crippen LogP contribution in [0.4, 0.5) is 0 Å². The van der Waals surface area contributed by atoms with Crippen LogP contribution < -0.4 is 0 Å². The highest BCUT2D eigenvalue weighted by Crippen LogP contribution is 2.12. The third-order valence-electron chi connectivity index (χ3n) is 3.88. The van der Waals surface area contributed by atoms with Gasteiger partial charge in [-0.05, 0) is 12.8 Å². The van der Waals surface area contributed by atoms with Crippen LogP contribution in [-0.2, 0) is 28.6 Å². The van der Waals surface area contributed by atoms with E-state index in [0.717, 1.165) is 51.0 Å². The Labute approximate surface area is 154 Å². The molecule has 0 bridgehead atoms. The molecule has 25 heavy (non-hydrogen) atoms. The lowest BCUT2D eigenvalue weighted by molar-refractivity contribution is 0.309. The van der Waals surface area contributed by atoms with E-state index in [4.69, 9.17) is 8.37 Å². The van der Waals surface area contributed by atoms with Gasteiger partial charge in [0.15, 0.2) is 0 Å². The summed E-state index contributed by atoms with van der Waals surface area (Å²) in [5.74, 6) is 0. The van der Waals surface area contributed by atoms with Gasteiger partial charge in [0.1, 0.15) is 0 Å². The van der Waals surface area contributed by atoms with E-state index in [9.17, 15) is 16.8 Å². The van der Waals surface area contributed by atoms with Gasteiger partial charge in [-0.25, -0.2) is 0 Å². The van der Waals surface area contributed by atoms with Crippen molar-refractivity contribution in [3.8, 4) is 0 Å². The predicted molar refractivity (Wildman–Crippen MR) is 102 cm³/mol. The fourth-order valence-corrected chi connectivity index (χ4v) is 3.41. The molecule has 0 aliphatic heterocycles. The first-order chi connectivity index (χ1) is 11.7. The van der Waals surface area contributed by atoms with Crippen molar-refractivity contribution in [2.45, 2.75) is 83.5 Å². The second-order valence-electron chi connectivity index (χ2n) is 6.65. The van der Waals surface area contributed by atoms with Crippen LogP contribution in [0.25, 0.3) is 0 Å². The number of hydrogen-bond acceptors (Lipinski definition) is 6. The van der Waals surface area contributed by atoms with Crippen molar-refractivity contribution in [3.05, 3.63) is 0 Å². The Balaban J connectivity index is 3.12. The molecule has 0 spiro atoms. The van der Waals surface area contributed by atoms with E-state index in [2.05, 4.69) is 0 Å². The maximum atomic E-state index is 10.8. The third-order valence-corrected chi connectivity index (χ3v) is 5.07. The van der Waals surface area contributed by atoms with E-state index >= 15 is 0 Å². The first kappa shape index (κ1) is 24.8. The van der Waals surface area contributed by atoms with Crippen LogP contribution >= 0.6 is 0 Å². The number of rotatable bonds is 18. The molecule has 0 aromatic carbocycles. The van der Waals surface area contributed by atoms with E-state index in [1.807, 2.05) is 0 Å². The zero-order valence-electron chi connectivity index (χ0n) is 15.9. The van der Waals surface area contributed by atoms with Gasteiger partial charge in [-0.15, -0.1) is 0 Å². The highest BCUT2D eigenvalue weighted by molar-refractivity contribution is 7.86. The van der Waals surface area contributed by atoms with Crippen LogP contribution in [0.2, 0.25) is 0 Å². The van der Waals surface area contributed by atoms with E-state index in [1.54, 1.807) is 0 Å². The molecule has 0 amide bonds. The molecule has 0 saturated carbocycles. The molecule has 0 unspecified atom stereocenters. The summed E-state index contributed by atoms with van der Waals surface area (Å²) in [5, 5.41) is 0. The summed E-state index contributed by atoms with van der Waals surface area (Å²) in [6.45, 7) is 0.610. The van der Waals surface area contributed by atoms with Crippen LogP contribution in [0, 0.1) is 0 Å². The molecule has 0 N–H and O–H groups in total. The van der Waals surface area contributed by atoms with E-state index < -0.39 is 20.2 Å².